The second-order valence-electron chi connectivity index (χ2n) is 5.33. The summed E-state index contributed by atoms with van der Waals surface area (Å²) in [5.74, 6) is 0.602. The van der Waals surface area contributed by atoms with Gasteiger partial charge in [0, 0.05) is 24.1 Å². The van der Waals surface area contributed by atoms with Gasteiger partial charge >= 0.3 is 0 Å². The lowest BCUT2D eigenvalue weighted by Crippen LogP contribution is -2.47. The SMILES string of the molecule is CS(=O)(=O)N1CSC[C@@H]1C(=O)NCCc1csc(-c2cccs2)n1. The third-order valence-corrected chi connectivity index (χ3v) is 7.88. The summed E-state index contributed by atoms with van der Waals surface area (Å²) < 4.78 is 24.6. The molecule has 1 aliphatic rings. The molecule has 130 valence electrons. The molecule has 0 unspecified atom stereocenters. The van der Waals surface area contributed by atoms with Gasteiger partial charge in [-0.3, -0.25) is 4.79 Å². The van der Waals surface area contributed by atoms with Crippen LogP contribution in [0.15, 0.2) is 22.9 Å². The molecule has 0 aliphatic carbocycles. The van der Waals surface area contributed by atoms with E-state index in [0.717, 1.165) is 21.8 Å². The molecule has 0 radical (unpaired) electrons. The minimum atomic E-state index is -3.35. The highest BCUT2D eigenvalue weighted by molar-refractivity contribution is 8.00. The van der Waals surface area contributed by atoms with Crippen LogP contribution in [0.4, 0.5) is 0 Å². The molecule has 0 aromatic carbocycles. The molecule has 1 fully saturated rings. The summed E-state index contributed by atoms with van der Waals surface area (Å²) in [6, 6.07) is 3.42. The van der Waals surface area contributed by atoms with E-state index < -0.39 is 16.1 Å². The number of sulfonamides is 1. The van der Waals surface area contributed by atoms with Gasteiger partial charge in [-0.15, -0.1) is 34.4 Å². The molecule has 24 heavy (non-hydrogen) atoms. The lowest BCUT2D eigenvalue weighted by Gasteiger charge is -2.20. The van der Waals surface area contributed by atoms with E-state index in [4.69, 9.17) is 0 Å². The molecule has 2 aromatic rings. The first kappa shape index (κ1) is 17.9. The fourth-order valence-corrected chi connectivity index (χ4v) is 6.73. The second kappa shape index (κ2) is 7.52. The molecule has 3 heterocycles. The monoisotopic (exact) mass is 403 g/mol. The third kappa shape index (κ3) is 4.17. The number of aromatic nitrogens is 1. The Morgan fingerprint density at radius 1 is 1.46 bits per heavy atom. The van der Waals surface area contributed by atoms with Crippen LogP contribution in [0, 0.1) is 0 Å². The standard InChI is InChI=1S/C14H17N3O3S4/c1-24(19,20)17-9-21-8-11(17)13(18)15-5-4-10-7-23-14(16-10)12-3-2-6-22-12/h2-3,6-7,11H,4-5,8-9H2,1H3,(H,15,18)/t11-/m1/s1. The largest absolute Gasteiger partial charge is 0.354 e. The fourth-order valence-electron chi connectivity index (χ4n) is 2.33. The molecule has 6 nitrogen and oxygen atoms in total. The summed E-state index contributed by atoms with van der Waals surface area (Å²) in [5.41, 5.74) is 0.935. The molecule has 1 N–H and O–H groups in total. The van der Waals surface area contributed by atoms with Gasteiger partial charge in [-0.05, 0) is 11.4 Å². The molecule has 10 heteroatoms. The van der Waals surface area contributed by atoms with Crippen molar-refractivity contribution in [3.05, 3.63) is 28.6 Å². The first-order valence-corrected chi connectivity index (χ1v) is 12.0. The van der Waals surface area contributed by atoms with Crippen molar-refractivity contribution in [2.24, 2.45) is 0 Å². The van der Waals surface area contributed by atoms with E-state index in [-0.39, 0.29) is 5.91 Å². The summed E-state index contributed by atoms with van der Waals surface area (Å²) in [4.78, 5) is 17.9. The van der Waals surface area contributed by atoms with Crippen molar-refractivity contribution in [2.75, 3.05) is 24.4 Å². The first-order valence-electron chi connectivity index (χ1n) is 7.25. The van der Waals surface area contributed by atoms with Crippen LogP contribution in [-0.4, -0.2) is 54.1 Å². The molecular weight excluding hydrogens is 386 g/mol. The molecule has 0 saturated carbocycles. The van der Waals surface area contributed by atoms with Crippen molar-refractivity contribution in [1.82, 2.24) is 14.6 Å². The zero-order valence-electron chi connectivity index (χ0n) is 13.0. The molecule has 1 atom stereocenters. The van der Waals surface area contributed by atoms with Gasteiger partial charge < -0.3 is 5.32 Å². The number of carbonyl (C=O) groups is 1. The molecule has 1 saturated heterocycles. The molecule has 1 aliphatic heterocycles. The van der Waals surface area contributed by atoms with E-state index in [1.165, 1.54) is 16.1 Å². The van der Waals surface area contributed by atoms with Crippen molar-refractivity contribution in [3.8, 4) is 9.88 Å². The Labute approximate surface area is 153 Å². The van der Waals surface area contributed by atoms with Crippen LogP contribution in [0.1, 0.15) is 5.69 Å². The van der Waals surface area contributed by atoms with Gasteiger partial charge in [0.2, 0.25) is 15.9 Å². The molecule has 0 bridgehead atoms. The number of nitrogens with one attached hydrogen (secondary N) is 1. The van der Waals surface area contributed by atoms with Crippen molar-refractivity contribution < 1.29 is 13.2 Å². The van der Waals surface area contributed by atoms with E-state index >= 15 is 0 Å². The van der Waals surface area contributed by atoms with Crippen molar-refractivity contribution >= 4 is 50.4 Å². The number of carbonyl (C=O) groups excluding carboxylic acids is 1. The van der Waals surface area contributed by atoms with Gasteiger partial charge in [-0.1, -0.05) is 6.07 Å². The van der Waals surface area contributed by atoms with Crippen LogP contribution in [-0.2, 0) is 21.2 Å². The Morgan fingerprint density at radius 3 is 3.00 bits per heavy atom. The van der Waals surface area contributed by atoms with Gasteiger partial charge in [0.15, 0.2) is 0 Å². The number of nitrogens with zero attached hydrogens (tertiary/aromatic N) is 2. The van der Waals surface area contributed by atoms with E-state index in [2.05, 4.69) is 10.3 Å². The Balaban J connectivity index is 1.52. The Bertz CT molecular complexity index is 801. The van der Waals surface area contributed by atoms with Gasteiger partial charge in [0.05, 0.1) is 22.7 Å². The number of rotatable bonds is 6. The highest BCUT2D eigenvalue weighted by atomic mass is 32.2. The topological polar surface area (TPSA) is 79.4 Å². The van der Waals surface area contributed by atoms with Crippen molar-refractivity contribution in [2.45, 2.75) is 12.5 Å². The van der Waals surface area contributed by atoms with Gasteiger partial charge in [0.25, 0.3) is 0 Å². The highest BCUT2D eigenvalue weighted by Gasteiger charge is 2.36. The molecule has 1 amide bonds. The third-order valence-electron chi connectivity index (χ3n) is 3.53. The van der Waals surface area contributed by atoms with E-state index in [9.17, 15) is 13.2 Å². The number of thiazole rings is 1. The number of hydrogen-bond donors (Lipinski definition) is 1. The second-order valence-corrected chi connectivity index (χ2v) is 10.1. The van der Waals surface area contributed by atoms with Crippen LogP contribution in [0.3, 0.4) is 0 Å². The summed E-state index contributed by atoms with van der Waals surface area (Å²) >= 11 is 4.70. The number of thiophene rings is 1. The smallest absolute Gasteiger partial charge is 0.239 e. The van der Waals surface area contributed by atoms with Crippen LogP contribution in [0.5, 0.6) is 0 Å². The number of amides is 1. The van der Waals surface area contributed by atoms with Gasteiger partial charge in [-0.2, -0.15) is 4.31 Å². The maximum Gasteiger partial charge on any atom is 0.239 e. The minimum Gasteiger partial charge on any atom is -0.354 e. The molecular formula is C14H17N3O3S4. The predicted molar refractivity (Wildman–Crippen MR) is 99.9 cm³/mol. The molecule has 0 spiro atoms. The average molecular weight is 404 g/mol. The van der Waals surface area contributed by atoms with Crippen molar-refractivity contribution in [3.63, 3.8) is 0 Å². The van der Waals surface area contributed by atoms with Gasteiger partial charge in [-0.25, -0.2) is 13.4 Å². The average Bonchev–Trinajstić information content (AvgIpc) is 3.26. The maximum atomic E-state index is 12.2. The lowest BCUT2D eigenvalue weighted by molar-refractivity contribution is -0.123. The normalized spacial score (nSPS) is 18.8. The zero-order chi connectivity index (χ0) is 17.2. The summed E-state index contributed by atoms with van der Waals surface area (Å²) in [5, 5.41) is 7.83. The zero-order valence-corrected chi connectivity index (χ0v) is 16.2. The number of hydrogen-bond acceptors (Lipinski definition) is 7. The summed E-state index contributed by atoms with van der Waals surface area (Å²) in [7, 11) is -3.35. The molecule has 3 rings (SSSR count). The highest BCUT2D eigenvalue weighted by Crippen LogP contribution is 2.28. The Hall–Kier alpha value is -0.940. The van der Waals surface area contributed by atoms with Crippen molar-refractivity contribution in [1.29, 1.82) is 0 Å². The first-order chi connectivity index (χ1) is 11.4. The van der Waals surface area contributed by atoms with E-state index in [1.807, 2.05) is 22.9 Å². The predicted octanol–water partition coefficient (Wildman–Crippen LogP) is 1.86. The van der Waals surface area contributed by atoms with Crippen LogP contribution >= 0.6 is 34.4 Å². The summed E-state index contributed by atoms with van der Waals surface area (Å²) in [6.07, 6.45) is 1.77. The number of thioether (sulfide) groups is 1. The quantitative estimate of drug-likeness (QED) is 0.796. The lowest BCUT2D eigenvalue weighted by atomic mass is 10.3. The van der Waals surface area contributed by atoms with Crippen LogP contribution < -0.4 is 5.32 Å². The van der Waals surface area contributed by atoms with E-state index in [1.54, 1.807) is 22.7 Å². The van der Waals surface area contributed by atoms with Crippen LogP contribution in [0.2, 0.25) is 0 Å². The Kier molecular flexibility index (Phi) is 5.60. The maximum absolute atomic E-state index is 12.2. The van der Waals surface area contributed by atoms with E-state index in [0.29, 0.717) is 24.6 Å². The summed E-state index contributed by atoms with van der Waals surface area (Å²) in [6.45, 7) is 0.450. The van der Waals surface area contributed by atoms with Gasteiger partial charge in [0.1, 0.15) is 11.0 Å². The van der Waals surface area contributed by atoms with Crippen LogP contribution in [0.25, 0.3) is 9.88 Å². The minimum absolute atomic E-state index is 0.237. The fraction of sp³-hybridized carbons (Fsp3) is 0.429. The molecule has 2 aromatic heterocycles. The Morgan fingerprint density at radius 2 is 2.29 bits per heavy atom.